The van der Waals surface area contributed by atoms with Crippen molar-refractivity contribution < 1.29 is 5.11 Å². The second kappa shape index (κ2) is 8.26. The van der Waals surface area contributed by atoms with Crippen LogP contribution in [0.2, 0.25) is 0 Å². The van der Waals surface area contributed by atoms with E-state index >= 15 is 0 Å². The van der Waals surface area contributed by atoms with Crippen LogP contribution in [-0.2, 0) is 6.54 Å². The van der Waals surface area contributed by atoms with Gasteiger partial charge in [0, 0.05) is 65.0 Å². The fraction of sp³-hybridized carbons (Fsp3) is 0.368. The smallest absolute Gasteiger partial charge is 0.103 e. The molecule has 0 atom stereocenters. The summed E-state index contributed by atoms with van der Waals surface area (Å²) in [6.45, 7) is 4.04. The number of nitrogens with zero attached hydrogens (tertiary/aromatic N) is 3. The number of anilines is 1. The summed E-state index contributed by atoms with van der Waals surface area (Å²) < 4.78 is 2.06. The maximum atomic E-state index is 8.95. The molecule has 142 valence electrons. The monoisotopic (exact) mass is 384 g/mol. The zero-order valence-electron chi connectivity index (χ0n) is 15.3. The van der Waals surface area contributed by atoms with Crippen LogP contribution in [0.1, 0.15) is 0 Å². The molecule has 0 saturated carbocycles. The third-order valence-electron chi connectivity index (χ3n) is 4.60. The van der Waals surface area contributed by atoms with Crippen molar-refractivity contribution in [3.05, 3.63) is 30.6 Å². The third kappa shape index (κ3) is 3.53. The molecule has 4 N–H and O–H groups in total. The topological polar surface area (TPSA) is 87.0 Å². The highest BCUT2D eigenvalue weighted by molar-refractivity contribution is 8.00. The minimum Gasteiger partial charge on any atom is -0.395 e. The van der Waals surface area contributed by atoms with E-state index in [0.29, 0.717) is 6.54 Å². The first-order valence-corrected chi connectivity index (χ1v) is 10.0. The summed E-state index contributed by atoms with van der Waals surface area (Å²) in [5.41, 5.74) is 4.44. The molecular weight excluding hydrogens is 360 g/mol. The molecule has 4 rings (SSSR count). The fourth-order valence-corrected chi connectivity index (χ4v) is 4.48. The van der Waals surface area contributed by atoms with E-state index in [4.69, 9.17) is 10.2 Å². The molecule has 3 heterocycles. The van der Waals surface area contributed by atoms with Crippen LogP contribution in [0, 0.1) is 0 Å². The Labute approximate surface area is 162 Å². The van der Waals surface area contributed by atoms with Crippen molar-refractivity contribution >= 4 is 28.4 Å². The molecule has 1 aliphatic rings. The normalized spacial score (nSPS) is 12.4. The maximum Gasteiger partial charge on any atom is 0.103 e. The van der Waals surface area contributed by atoms with Gasteiger partial charge in [-0.25, -0.2) is 0 Å². The van der Waals surface area contributed by atoms with Gasteiger partial charge in [0.15, 0.2) is 0 Å². The van der Waals surface area contributed by atoms with Gasteiger partial charge in [0.25, 0.3) is 0 Å². The van der Waals surface area contributed by atoms with Gasteiger partial charge in [0.05, 0.1) is 18.7 Å². The average molecular weight is 385 g/mol. The molecule has 3 aromatic rings. The van der Waals surface area contributed by atoms with Gasteiger partial charge in [-0.15, -0.1) is 0 Å². The number of hydrogen-bond donors (Lipinski definition) is 4. The Hall–Kier alpha value is -2.13. The number of rotatable bonds is 9. The Morgan fingerprint density at radius 2 is 2.07 bits per heavy atom. The zero-order valence-corrected chi connectivity index (χ0v) is 16.1. The van der Waals surface area contributed by atoms with E-state index in [1.165, 1.54) is 10.3 Å². The number of fused-ring (bicyclic) bond motifs is 2. The van der Waals surface area contributed by atoms with E-state index in [0.717, 1.165) is 53.5 Å². The molecule has 0 bridgehead atoms. The summed E-state index contributed by atoms with van der Waals surface area (Å²) in [6, 6.07) is 6.34. The lowest BCUT2D eigenvalue weighted by Crippen LogP contribution is -2.23. The highest BCUT2D eigenvalue weighted by Gasteiger charge is 2.26. The van der Waals surface area contributed by atoms with Crippen molar-refractivity contribution in [3.8, 4) is 11.3 Å². The maximum absolute atomic E-state index is 8.95. The first kappa shape index (κ1) is 18.2. The highest BCUT2D eigenvalue weighted by atomic mass is 32.2. The summed E-state index contributed by atoms with van der Waals surface area (Å²) >= 11 is 1.76. The van der Waals surface area contributed by atoms with Gasteiger partial charge < -0.3 is 21.1 Å². The van der Waals surface area contributed by atoms with Crippen LogP contribution < -0.4 is 16.0 Å². The van der Waals surface area contributed by atoms with E-state index in [9.17, 15) is 0 Å². The number of benzene rings is 1. The summed E-state index contributed by atoms with van der Waals surface area (Å²) in [4.78, 5) is 6.65. The van der Waals surface area contributed by atoms with E-state index in [2.05, 4.69) is 37.7 Å². The van der Waals surface area contributed by atoms with Gasteiger partial charge in [-0.05, 0) is 25.2 Å². The minimum absolute atomic E-state index is 0.147. The van der Waals surface area contributed by atoms with Crippen LogP contribution >= 0.6 is 11.8 Å². The predicted molar refractivity (Wildman–Crippen MR) is 109 cm³/mol. The van der Waals surface area contributed by atoms with Crippen molar-refractivity contribution in [2.75, 3.05) is 45.2 Å². The molecule has 27 heavy (non-hydrogen) atoms. The van der Waals surface area contributed by atoms with Gasteiger partial charge in [-0.1, -0.05) is 11.8 Å². The number of pyridine rings is 1. The molecule has 0 spiro atoms. The predicted octanol–water partition coefficient (Wildman–Crippen LogP) is 1.78. The third-order valence-corrected chi connectivity index (χ3v) is 5.78. The summed E-state index contributed by atoms with van der Waals surface area (Å²) in [7, 11) is 1.96. The Balaban J connectivity index is 1.76. The Morgan fingerprint density at radius 1 is 1.15 bits per heavy atom. The van der Waals surface area contributed by atoms with Gasteiger partial charge in [-0.3, -0.25) is 9.67 Å². The zero-order chi connectivity index (χ0) is 18.6. The van der Waals surface area contributed by atoms with E-state index in [1.807, 2.05) is 25.5 Å². The largest absolute Gasteiger partial charge is 0.395 e. The van der Waals surface area contributed by atoms with Crippen LogP contribution in [0.4, 0.5) is 5.69 Å². The van der Waals surface area contributed by atoms with Crippen molar-refractivity contribution in [1.82, 2.24) is 25.4 Å². The molecule has 8 heteroatoms. The van der Waals surface area contributed by atoms with E-state index in [-0.39, 0.29) is 6.61 Å². The number of nitrogens with one attached hydrogen (secondary N) is 3. The SMILES string of the molecule is CNCCNc1ccc2c3c(nn2CCNCCO)-c2ccncc2Sc13. The average Bonchev–Trinajstić information content (AvgIpc) is 3.07. The Kier molecular flexibility index (Phi) is 5.58. The Bertz CT molecular complexity index is 941. The van der Waals surface area contributed by atoms with Crippen molar-refractivity contribution in [3.63, 3.8) is 0 Å². The molecule has 1 aliphatic heterocycles. The lowest BCUT2D eigenvalue weighted by Gasteiger charge is -2.18. The number of aliphatic hydroxyl groups is 1. The molecule has 2 aromatic heterocycles. The molecule has 0 unspecified atom stereocenters. The van der Waals surface area contributed by atoms with Crippen molar-refractivity contribution in [1.29, 1.82) is 0 Å². The molecular formula is C19H24N6OS. The van der Waals surface area contributed by atoms with Gasteiger partial charge in [0.1, 0.15) is 5.69 Å². The van der Waals surface area contributed by atoms with Crippen LogP contribution in [0.5, 0.6) is 0 Å². The second-order valence-electron chi connectivity index (χ2n) is 6.39. The molecule has 7 nitrogen and oxygen atoms in total. The van der Waals surface area contributed by atoms with Gasteiger partial charge >= 0.3 is 0 Å². The quantitative estimate of drug-likeness (QED) is 0.327. The number of aliphatic hydroxyl groups excluding tert-OH is 1. The van der Waals surface area contributed by atoms with Crippen molar-refractivity contribution in [2.45, 2.75) is 16.3 Å². The number of hydrogen-bond acceptors (Lipinski definition) is 7. The lowest BCUT2D eigenvalue weighted by molar-refractivity contribution is 0.291. The number of aromatic nitrogens is 3. The molecule has 0 fully saturated rings. The van der Waals surface area contributed by atoms with Crippen LogP contribution in [0.15, 0.2) is 40.4 Å². The van der Waals surface area contributed by atoms with Crippen molar-refractivity contribution in [2.24, 2.45) is 0 Å². The standard InChI is InChI=1S/C19H24N6OS/c1-20-6-7-23-14-2-3-15-17-18(24-25(15)10-8-21-9-11-26)13-4-5-22-12-16(13)27-19(14)17/h2-5,12,20-21,23,26H,6-11H2,1H3. The first-order valence-electron chi connectivity index (χ1n) is 9.19. The summed E-state index contributed by atoms with van der Waals surface area (Å²) in [5.74, 6) is 0. The van der Waals surface area contributed by atoms with E-state index in [1.54, 1.807) is 11.8 Å². The Morgan fingerprint density at radius 3 is 2.93 bits per heavy atom. The van der Waals surface area contributed by atoms with E-state index < -0.39 is 0 Å². The first-order chi connectivity index (χ1) is 13.3. The molecule has 0 radical (unpaired) electrons. The van der Waals surface area contributed by atoms with Gasteiger partial charge in [0.2, 0.25) is 0 Å². The molecule has 1 aromatic carbocycles. The van der Waals surface area contributed by atoms with Gasteiger partial charge in [-0.2, -0.15) is 5.10 Å². The minimum atomic E-state index is 0.147. The second-order valence-corrected chi connectivity index (χ2v) is 7.44. The molecule has 0 aliphatic carbocycles. The molecule has 0 amide bonds. The summed E-state index contributed by atoms with van der Waals surface area (Å²) in [6.07, 6.45) is 3.74. The molecule has 0 saturated heterocycles. The van der Waals surface area contributed by atoms with Crippen LogP contribution in [-0.4, -0.2) is 59.7 Å². The van der Waals surface area contributed by atoms with Crippen LogP contribution in [0.25, 0.3) is 22.2 Å². The highest BCUT2D eigenvalue weighted by Crippen LogP contribution is 2.49. The fourth-order valence-electron chi connectivity index (χ4n) is 3.32. The number of likely N-dealkylation sites (N-methyl/N-ethyl adjacent to an activating group) is 1. The lowest BCUT2D eigenvalue weighted by atomic mass is 10.1. The van der Waals surface area contributed by atoms with Crippen LogP contribution in [0.3, 0.4) is 0 Å². The summed E-state index contributed by atoms with van der Waals surface area (Å²) in [5, 5.41) is 25.0.